The molecule has 72 valence electrons. The van der Waals surface area contributed by atoms with Gasteiger partial charge < -0.3 is 5.32 Å². The van der Waals surface area contributed by atoms with E-state index in [-0.39, 0.29) is 0 Å². The Labute approximate surface area is 80.0 Å². The summed E-state index contributed by atoms with van der Waals surface area (Å²) in [4.78, 5) is 7.93. The lowest BCUT2D eigenvalue weighted by atomic mass is 10.3. The zero-order valence-corrected chi connectivity index (χ0v) is 8.76. The highest BCUT2D eigenvalue weighted by Gasteiger charge is 1.91. The van der Waals surface area contributed by atoms with Crippen molar-refractivity contribution in [3.63, 3.8) is 0 Å². The Bertz CT molecular complexity index is 255. The van der Waals surface area contributed by atoms with Crippen LogP contribution in [0.25, 0.3) is 0 Å². The molecular weight excluding hydrogens is 162 g/mol. The van der Waals surface area contributed by atoms with E-state index in [0.29, 0.717) is 0 Å². The quantitative estimate of drug-likeness (QED) is 0.521. The minimum Gasteiger partial charge on any atom is -0.346 e. The SMILES string of the molecule is C=C(C)N=CC(NC=NC)=C(C)C. The number of rotatable bonds is 4. The molecule has 0 aliphatic carbocycles. The van der Waals surface area contributed by atoms with E-state index in [4.69, 9.17) is 0 Å². The summed E-state index contributed by atoms with van der Waals surface area (Å²) in [5.74, 6) is 0. The lowest BCUT2D eigenvalue weighted by Crippen LogP contribution is -2.13. The fraction of sp³-hybridized carbons (Fsp3) is 0.400. The van der Waals surface area contributed by atoms with Crippen molar-refractivity contribution in [1.82, 2.24) is 5.32 Å². The number of nitrogens with zero attached hydrogens (tertiary/aromatic N) is 2. The molecule has 0 aliphatic rings. The van der Waals surface area contributed by atoms with E-state index >= 15 is 0 Å². The van der Waals surface area contributed by atoms with Crippen molar-refractivity contribution in [3.05, 3.63) is 23.5 Å². The second-order valence-electron chi connectivity index (χ2n) is 2.94. The van der Waals surface area contributed by atoms with Crippen LogP contribution in [-0.2, 0) is 0 Å². The van der Waals surface area contributed by atoms with E-state index in [9.17, 15) is 0 Å². The first kappa shape index (κ1) is 11.6. The molecular formula is C10H17N3. The normalized spacial score (nSPS) is 10.8. The van der Waals surface area contributed by atoms with Crippen LogP contribution in [0.1, 0.15) is 20.8 Å². The topological polar surface area (TPSA) is 36.8 Å². The maximum absolute atomic E-state index is 4.10. The van der Waals surface area contributed by atoms with Gasteiger partial charge in [-0.3, -0.25) is 9.98 Å². The van der Waals surface area contributed by atoms with E-state index in [0.717, 1.165) is 17.0 Å². The highest BCUT2D eigenvalue weighted by Crippen LogP contribution is 1.97. The molecule has 3 heteroatoms. The standard InChI is InChI=1S/C10H17N3/c1-8(2)10(13-7-11-5)6-12-9(3)4/h6-7H,3H2,1-2,4-5H3,(H,11,13). The Hall–Kier alpha value is -1.38. The summed E-state index contributed by atoms with van der Waals surface area (Å²) in [6, 6.07) is 0. The number of hydrogen-bond donors (Lipinski definition) is 1. The Morgan fingerprint density at radius 2 is 1.92 bits per heavy atom. The molecule has 0 heterocycles. The molecule has 0 saturated heterocycles. The van der Waals surface area contributed by atoms with Crippen LogP contribution in [0.15, 0.2) is 33.5 Å². The van der Waals surface area contributed by atoms with Crippen LogP contribution in [0.5, 0.6) is 0 Å². The average Bonchev–Trinajstić information content (AvgIpc) is 2.03. The lowest BCUT2D eigenvalue weighted by Gasteiger charge is -2.02. The molecule has 0 saturated carbocycles. The van der Waals surface area contributed by atoms with Gasteiger partial charge in [-0.1, -0.05) is 12.2 Å². The third-order valence-electron chi connectivity index (χ3n) is 1.30. The molecule has 0 aromatic rings. The summed E-state index contributed by atoms with van der Waals surface area (Å²) in [5, 5.41) is 3.02. The summed E-state index contributed by atoms with van der Waals surface area (Å²) in [7, 11) is 1.71. The molecule has 0 rings (SSSR count). The van der Waals surface area contributed by atoms with Crippen molar-refractivity contribution in [2.45, 2.75) is 20.8 Å². The van der Waals surface area contributed by atoms with Crippen LogP contribution in [0.4, 0.5) is 0 Å². The van der Waals surface area contributed by atoms with Gasteiger partial charge in [0.1, 0.15) is 0 Å². The second kappa shape index (κ2) is 6.17. The summed E-state index contributed by atoms with van der Waals surface area (Å²) >= 11 is 0. The van der Waals surface area contributed by atoms with Gasteiger partial charge in [0.15, 0.2) is 0 Å². The molecule has 0 bridgehead atoms. The predicted molar refractivity (Wildman–Crippen MR) is 59.2 cm³/mol. The van der Waals surface area contributed by atoms with Gasteiger partial charge in [0.25, 0.3) is 0 Å². The molecule has 0 amide bonds. The third-order valence-corrected chi connectivity index (χ3v) is 1.30. The maximum atomic E-state index is 4.10. The van der Waals surface area contributed by atoms with Crippen molar-refractivity contribution in [3.8, 4) is 0 Å². The van der Waals surface area contributed by atoms with Gasteiger partial charge in [0.2, 0.25) is 0 Å². The van der Waals surface area contributed by atoms with Crippen LogP contribution in [0, 0.1) is 0 Å². The molecule has 0 fully saturated rings. The maximum Gasteiger partial charge on any atom is 0.0864 e. The van der Waals surface area contributed by atoms with Crippen LogP contribution in [-0.4, -0.2) is 19.6 Å². The van der Waals surface area contributed by atoms with Crippen molar-refractivity contribution in [2.75, 3.05) is 7.05 Å². The fourth-order valence-electron chi connectivity index (χ4n) is 0.620. The smallest absolute Gasteiger partial charge is 0.0864 e. The Morgan fingerprint density at radius 3 is 2.31 bits per heavy atom. The first-order valence-corrected chi connectivity index (χ1v) is 4.12. The zero-order chi connectivity index (χ0) is 10.3. The van der Waals surface area contributed by atoms with E-state index in [2.05, 4.69) is 21.9 Å². The van der Waals surface area contributed by atoms with Crippen LogP contribution in [0.2, 0.25) is 0 Å². The van der Waals surface area contributed by atoms with Crippen molar-refractivity contribution >= 4 is 12.6 Å². The van der Waals surface area contributed by atoms with Gasteiger partial charge in [-0.2, -0.15) is 0 Å². The number of hydrogen-bond acceptors (Lipinski definition) is 2. The minimum atomic E-state index is 0.786. The van der Waals surface area contributed by atoms with Gasteiger partial charge in [-0.25, -0.2) is 0 Å². The van der Waals surface area contributed by atoms with Crippen molar-refractivity contribution in [2.24, 2.45) is 9.98 Å². The molecule has 1 N–H and O–H groups in total. The molecule has 0 atom stereocenters. The Balaban J connectivity index is 4.46. The van der Waals surface area contributed by atoms with E-state index < -0.39 is 0 Å². The Morgan fingerprint density at radius 1 is 1.31 bits per heavy atom. The monoisotopic (exact) mass is 179 g/mol. The fourth-order valence-corrected chi connectivity index (χ4v) is 0.620. The Kier molecular flexibility index (Phi) is 5.52. The molecule has 0 aromatic carbocycles. The summed E-state index contributed by atoms with van der Waals surface area (Å²) in [5.41, 5.74) is 2.90. The first-order chi connectivity index (χ1) is 6.07. The third kappa shape index (κ3) is 5.84. The molecule has 0 unspecified atom stereocenters. The van der Waals surface area contributed by atoms with Crippen molar-refractivity contribution < 1.29 is 0 Å². The van der Waals surface area contributed by atoms with Crippen molar-refractivity contribution in [1.29, 1.82) is 0 Å². The average molecular weight is 179 g/mol. The van der Waals surface area contributed by atoms with Gasteiger partial charge in [0, 0.05) is 12.7 Å². The minimum absolute atomic E-state index is 0.786. The van der Waals surface area contributed by atoms with Gasteiger partial charge >= 0.3 is 0 Å². The zero-order valence-electron chi connectivity index (χ0n) is 8.76. The first-order valence-electron chi connectivity index (χ1n) is 4.12. The van der Waals surface area contributed by atoms with Crippen LogP contribution >= 0.6 is 0 Å². The van der Waals surface area contributed by atoms with Gasteiger partial charge in [0.05, 0.1) is 18.3 Å². The van der Waals surface area contributed by atoms with Gasteiger partial charge in [-0.15, -0.1) is 0 Å². The lowest BCUT2D eigenvalue weighted by molar-refractivity contribution is 1.16. The highest BCUT2D eigenvalue weighted by molar-refractivity contribution is 5.83. The van der Waals surface area contributed by atoms with E-state index in [1.807, 2.05) is 20.8 Å². The molecule has 13 heavy (non-hydrogen) atoms. The summed E-state index contributed by atoms with van der Waals surface area (Å²) in [6.45, 7) is 9.56. The molecule has 0 spiro atoms. The van der Waals surface area contributed by atoms with E-state index in [1.54, 1.807) is 19.6 Å². The summed E-state index contributed by atoms with van der Waals surface area (Å²) < 4.78 is 0. The molecule has 3 nitrogen and oxygen atoms in total. The van der Waals surface area contributed by atoms with Crippen LogP contribution < -0.4 is 5.32 Å². The highest BCUT2D eigenvalue weighted by atomic mass is 14.9. The van der Waals surface area contributed by atoms with Gasteiger partial charge in [-0.05, 0) is 20.8 Å². The predicted octanol–water partition coefficient (Wildman–Crippen LogP) is 2.13. The molecule has 0 aromatic heterocycles. The summed E-state index contributed by atoms with van der Waals surface area (Å²) in [6.07, 6.45) is 3.38. The van der Waals surface area contributed by atoms with E-state index in [1.165, 1.54) is 0 Å². The number of aliphatic imine (C=N–C) groups is 2. The van der Waals surface area contributed by atoms with Crippen LogP contribution in [0.3, 0.4) is 0 Å². The molecule has 0 radical (unpaired) electrons. The number of nitrogens with one attached hydrogen (secondary N) is 1. The number of allylic oxidation sites excluding steroid dienone is 3. The molecule has 0 aliphatic heterocycles. The second-order valence-corrected chi connectivity index (χ2v) is 2.94. The largest absolute Gasteiger partial charge is 0.346 e.